The molecule has 3 unspecified atom stereocenters. The van der Waals surface area contributed by atoms with Gasteiger partial charge in [0.05, 0.1) is 12.7 Å². The first kappa shape index (κ1) is 15.9. The fourth-order valence-electron chi connectivity index (χ4n) is 3.28. The van der Waals surface area contributed by atoms with E-state index < -0.39 is 0 Å². The summed E-state index contributed by atoms with van der Waals surface area (Å²) in [6, 6.07) is 10.3. The molecule has 1 aliphatic heterocycles. The number of piperidine rings is 1. The van der Waals surface area contributed by atoms with Gasteiger partial charge < -0.3 is 4.74 Å². The van der Waals surface area contributed by atoms with Crippen molar-refractivity contribution in [2.24, 2.45) is 11.8 Å². The van der Waals surface area contributed by atoms with Gasteiger partial charge in [-0.2, -0.15) is 5.26 Å². The standard InChI is InChI=1S/C18H26N2O/c1-4-8-21-17-7-5-6-16(10-17)18(11-19)20-12-14(2)9-15(3)13-20/h5-7,10,14-15,18H,4,8-9,12-13H2,1-3H3. The van der Waals surface area contributed by atoms with E-state index in [4.69, 9.17) is 4.74 Å². The van der Waals surface area contributed by atoms with Crippen molar-refractivity contribution in [3.63, 3.8) is 0 Å². The molecule has 0 amide bonds. The Labute approximate surface area is 128 Å². The predicted octanol–water partition coefficient (Wildman–Crippen LogP) is 4.02. The van der Waals surface area contributed by atoms with Crippen LogP contribution in [0.25, 0.3) is 0 Å². The molecule has 0 radical (unpaired) electrons. The average molecular weight is 286 g/mol. The fraction of sp³-hybridized carbons (Fsp3) is 0.611. The Balaban J connectivity index is 2.15. The smallest absolute Gasteiger partial charge is 0.124 e. The van der Waals surface area contributed by atoms with E-state index in [0.29, 0.717) is 11.8 Å². The number of benzene rings is 1. The van der Waals surface area contributed by atoms with Crippen molar-refractivity contribution in [1.29, 1.82) is 5.26 Å². The maximum Gasteiger partial charge on any atom is 0.124 e. The van der Waals surface area contributed by atoms with Crippen LogP contribution in [-0.4, -0.2) is 24.6 Å². The lowest BCUT2D eigenvalue weighted by Gasteiger charge is -2.37. The minimum Gasteiger partial charge on any atom is -0.494 e. The molecule has 1 fully saturated rings. The minimum atomic E-state index is -0.166. The molecule has 3 heteroatoms. The van der Waals surface area contributed by atoms with Crippen molar-refractivity contribution in [3.05, 3.63) is 29.8 Å². The Morgan fingerprint density at radius 1 is 1.33 bits per heavy atom. The maximum absolute atomic E-state index is 9.64. The molecule has 0 spiro atoms. The van der Waals surface area contributed by atoms with E-state index in [1.54, 1.807) is 0 Å². The summed E-state index contributed by atoms with van der Waals surface area (Å²) >= 11 is 0. The first-order chi connectivity index (χ1) is 10.1. The molecule has 1 saturated heterocycles. The Bertz CT molecular complexity index is 484. The number of hydrogen-bond acceptors (Lipinski definition) is 3. The Kier molecular flexibility index (Phi) is 5.64. The van der Waals surface area contributed by atoms with Crippen LogP contribution in [0.3, 0.4) is 0 Å². The second-order valence-corrected chi connectivity index (χ2v) is 6.35. The lowest BCUT2D eigenvalue weighted by atomic mass is 9.90. The van der Waals surface area contributed by atoms with Gasteiger partial charge >= 0.3 is 0 Å². The summed E-state index contributed by atoms with van der Waals surface area (Å²) in [6.45, 7) is 9.37. The largest absolute Gasteiger partial charge is 0.494 e. The Morgan fingerprint density at radius 3 is 2.67 bits per heavy atom. The third-order valence-electron chi connectivity index (χ3n) is 4.03. The van der Waals surface area contributed by atoms with Gasteiger partial charge in [-0.1, -0.05) is 32.9 Å². The molecule has 2 rings (SSSR count). The van der Waals surface area contributed by atoms with Gasteiger partial charge in [-0.15, -0.1) is 0 Å². The normalized spacial score (nSPS) is 24.3. The van der Waals surface area contributed by atoms with E-state index in [9.17, 15) is 5.26 Å². The molecule has 0 aromatic heterocycles. The van der Waals surface area contributed by atoms with Crippen LogP contribution >= 0.6 is 0 Å². The van der Waals surface area contributed by atoms with E-state index in [1.807, 2.05) is 24.3 Å². The van der Waals surface area contributed by atoms with Crippen LogP contribution in [0.4, 0.5) is 0 Å². The second kappa shape index (κ2) is 7.47. The summed E-state index contributed by atoms with van der Waals surface area (Å²) in [5.41, 5.74) is 1.05. The molecule has 1 aromatic rings. The van der Waals surface area contributed by atoms with Crippen LogP contribution in [-0.2, 0) is 0 Å². The van der Waals surface area contributed by atoms with Crippen LogP contribution in [0.5, 0.6) is 5.75 Å². The van der Waals surface area contributed by atoms with Gasteiger partial charge in [0, 0.05) is 13.1 Å². The van der Waals surface area contributed by atoms with Crippen molar-refractivity contribution in [2.45, 2.75) is 39.7 Å². The van der Waals surface area contributed by atoms with Crippen molar-refractivity contribution in [3.8, 4) is 11.8 Å². The van der Waals surface area contributed by atoms with Crippen LogP contribution in [0.2, 0.25) is 0 Å². The topological polar surface area (TPSA) is 36.3 Å². The first-order valence-corrected chi connectivity index (χ1v) is 8.00. The van der Waals surface area contributed by atoms with E-state index in [1.165, 1.54) is 6.42 Å². The van der Waals surface area contributed by atoms with E-state index in [2.05, 4.69) is 31.7 Å². The molecule has 0 aliphatic carbocycles. The maximum atomic E-state index is 9.64. The SMILES string of the molecule is CCCOc1cccc(C(C#N)N2CC(C)CC(C)C2)c1. The predicted molar refractivity (Wildman–Crippen MR) is 85.1 cm³/mol. The zero-order valence-electron chi connectivity index (χ0n) is 13.4. The zero-order valence-corrected chi connectivity index (χ0v) is 13.4. The summed E-state index contributed by atoms with van der Waals surface area (Å²) in [5.74, 6) is 2.18. The molecule has 3 atom stereocenters. The lowest BCUT2D eigenvalue weighted by molar-refractivity contribution is 0.117. The van der Waals surface area contributed by atoms with Gasteiger partial charge in [0.1, 0.15) is 11.8 Å². The van der Waals surface area contributed by atoms with Gasteiger partial charge in [0.15, 0.2) is 0 Å². The summed E-state index contributed by atoms with van der Waals surface area (Å²) in [6.07, 6.45) is 2.25. The molecular formula is C18H26N2O. The van der Waals surface area contributed by atoms with Crippen LogP contribution in [0.1, 0.15) is 45.2 Å². The third-order valence-corrected chi connectivity index (χ3v) is 4.03. The molecule has 1 heterocycles. The minimum absolute atomic E-state index is 0.166. The molecule has 21 heavy (non-hydrogen) atoms. The highest BCUT2D eigenvalue weighted by Gasteiger charge is 2.28. The molecule has 1 aromatic carbocycles. The van der Waals surface area contributed by atoms with Crippen molar-refractivity contribution < 1.29 is 4.74 Å². The Morgan fingerprint density at radius 2 is 2.05 bits per heavy atom. The molecule has 3 nitrogen and oxygen atoms in total. The first-order valence-electron chi connectivity index (χ1n) is 8.00. The third kappa shape index (κ3) is 4.22. The highest BCUT2D eigenvalue weighted by atomic mass is 16.5. The molecular weight excluding hydrogens is 260 g/mol. The highest BCUT2D eigenvalue weighted by molar-refractivity contribution is 5.33. The number of likely N-dealkylation sites (tertiary alicyclic amines) is 1. The van der Waals surface area contributed by atoms with Crippen LogP contribution in [0, 0.1) is 23.2 Å². The number of ether oxygens (including phenoxy) is 1. The number of nitrogens with zero attached hydrogens (tertiary/aromatic N) is 2. The molecule has 0 saturated carbocycles. The molecule has 0 bridgehead atoms. The van der Waals surface area contributed by atoms with Crippen molar-refractivity contribution in [1.82, 2.24) is 4.90 Å². The summed E-state index contributed by atoms with van der Waals surface area (Å²) < 4.78 is 5.69. The second-order valence-electron chi connectivity index (χ2n) is 6.35. The van der Waals surface area contributed by atoms with E-state index in [-0.39, 0.29) is 6.04 Å². The fourth-order valence-corrected chi connectivity index (χ4v) is 3.28. The lowest BCUT2D eigenvalue weighted by Crippen LogP contribution is -2.40. The molecule has 1 aliphatic rings. The van der Waals surface area contributed by atoms with E-state index in [0.717, 1.165) is 37.4 Å². The summed E-state index contributed by atoms with van der Waals surface area (Å²) in [5, 5.41) is 9.64. The number of rotatable bonds is 5. The van der Waals surface area contributed by atoms with Gasteiger partial charge in [-0.05, 0) is 42.4 Å². The summed E-state index contributed by atoms with van der Waals surface area (Å²) in [4.78, 5) is 2.32. The molecule has 0 N–H and O–H groups in total. The number of nitriles is 1. The van der Waals surface area contributed by atoms with Crippen LogP contribution in [0.15, 0.2) is 24.3 Å². The van der Waals surface area contributed by atoms with Gasteiger partial charge in [-0.3, -0.25) is 4.90 Å². The quantitative estimate of drug-likeness (QED) is 0.820. The van der Waals surface area contributed by atoms with Crippen molar-refractivity contribution in [2.75, 3.05) is 19.7 Å². The monoisotopic (exact) mass is 286 g/mol. The average Bonchev–Trinajstić information content (AvgIpc) is 2.45. The Hall–Kier alpha value is -1.53. The van der Waals surface area contributed by atoms with Crippen molar-refractivity contribution >= 4 is 0 Å². The molecule has 114 valence electrons. The zero-order chi connectivity index (χ0) is 15.2. The van der Waals surface area contributed by atoms with Crippen LogP contribution < -0.4 is 4.74 Å². The van der Waals surface area contributed by atoms with Gasteiger partial charge in [-0.25, -0.2) is 0 Å². The summed E-state index contributed by atoms with van der Waals surface area (Å²) in [7, 11) is 0. The van der Waals surface area contributed by atoms with E-state index >= 15 is 0 Å². The van der Waals surface area contributed by atoms with Gasteiger partial charge in [0.25, 0.3) is 0 Å². The highest BCUT2D eigenvalue weighted by Crippen LogP contribution is 2.30. The number of hydrogen-bond donors (Lipinski definition) is 0. The van der Waals surface area contributed by atoms with Gasteiger partial charge in [0.2, 0.25) is 0 Å².